The van der Waals surface area contributed by atoms with Gasteiger partial charge in [-0.2, -0.15) is 0 Å². The van der Waals surface area contributed by atoms with Crippen molar-refractivity contribution in [2.75, 3.05) is 5.32 Å². The first-order valence-corrected chi connectivity index (χ1v) is 5.63. The number of amides is 2. The first-order chi connectivity index (χ1) is 8.06. The lowest BCUT2D eigenvalue weighted by molar-refractivity contribution is -0.133. The third kappa shape index (κ3) is 2.64. The summed E-state index contributed by atoms with van der Waals surface area (Å²) in [5.41, 5.74) is 0. The summed E-state index contributed by atoms with van der Waals surface area (Å²) in [7, 11) is 0. The summed E-state index contributed by atoms with van der Waals surface area (Å²) in [5.74, 6) is 1.01. The second-order valence-corrected chi connectivity index (χ2v) is 4.42. The number of rotatable bonds is 3. The second-order valence-electron chi connectivity index (χ2n) is 4.42. The maximum Gasteiger partial charge on any atom is 0.249 e. The van der Waals surface area contributed by atoms with Crippen molar-refractivity contribution >= 4 is 17.6 Å². The fourth-order valence-electron chi connectivity index (χ4n) is 1.64. The Morgan fingerprint density at radius 3 is 2.88 bits per heavy atom. The molecule has 1 aliphatic rings. The van der Waals surface area contributed by atoms with Crippen LogP contribution < -0.4 is 10.6 Å². The van der Waals surface area contributed by atoms with Gasteiger partial charge < -0.3 is 9.84 Å². The van der Waals surface area contributed by atoms with Gasteiger partial charge in [0.15, 0.2) is 5.82 Å². The molecule has 1 unspecified atom stereocenters. The average molecular weight is 237 g/mol. The van der Waals surface area contributed by atoms with Crippen LogP contribution in [-0.4, -0.2) is 23.0 Å². The quantitative estimate of drug-likeness (QED) is 0.766. The molecule has 1 fully saturated rings. The Morgan fingerprint density at radius 1 is 1.53 bits per heavy atom. The minimum atomic E-state index is -0.419. The largest absolute Gasteiger partial charge is 0.359 e. The number of nitrogens with zero attached hydrogens (tertiary/aromatic N) is 1. The number of hydrogen-bond donors (Lipinski definition) is 2. The van der Waals surface area contributed by atoms with Crippen LogP contribution in [0.3, 0.4) is 0 Å². The number of hydrogen-bond acceptors (Lipinski definition) is 5. The smallest absolute Gasteiger partial charge is 0.249 e. The molecule has 0 aromatic carbocycles. The molecule has 0 saturated carbocycles. The minimum absolute atomic E-state index is 0.226. The molecule has 1 aliphatic heterocycles. The highest BCUT2D eigenvalue weighted by atomic mass is 16.5. The number of anilines is 1. The van der Waals surface area contributed by atoms with Gasteiger partial charge in [0.25, 0.3) is 0 Å². The SMILES string of the molecule is CC(C)c1cc(NC2CCC(=O)NC2=O)no1. The van der Waals surface area contributed by atoms with Crippen molar-refractivity contribution in [3.8, 4) is 0 Å². The molecule has 2 N–H and O–H groups in total. The van der Waals surface area contributed by atoms with Gasteiger partial charge in [-0.3, -0.25) is 14.9 Å². The van der Waals surface area contributed by atoms with E-state index in [4.69, 9.17) is 4.52 Å². The first-order valence-electron chi connectivity index (χ1n) is 5.63. The summed E-state index contributed by atoms with van der Waals surface area (Å²) < 4.78 is 5.11. The van der Waals surface area contributed by atoms with Crippen LogP contribution in [0.4, 0.5) is 5.82 Å². The van der Waals surface area contributed by atoms with Gasteiger partial charge in [-0.1, -0.05) is 19.0 Å². The Balaban J connectivity index is 2.00. The van der Waals surface area contributed by atoms with Gasteiger partial charge >= 0.3 is 0 Å². The second kappa shape index (κ2) is 4.57. The molecular formula is C11H15N3O3. The van der Waals surface area contributed by atoms with E-state index in [1.165, 1.54) is 0 Å². The normalized spacial score (nSPS) is 20.5. The van der Waals surface area contributed by atoms with Crippen LogP contribution in [0, 0.1) is 0 Å². The van der Waals surface area contributed by atoms with Crippen LogP contribution in [0.2, 0.25) is 0 Å². The highest BCUT2D eigenvalue weighted by Gasteiger charge is 2.27. The van der Waals surface area contributed by atoms with Crippen LogP contribution in [-0.2, 0) is 9.59 Å². The van der Waals surface area contributed by atoms with Crippen LogP contribution in [0.25, 0.3) is 0 Å². The van der Waals surface area contributed by atoms with Crippen molar-refractivity contribution in [3.63, 3.8) is 0 Å². The molecular weight excluding hydrogens is 222 g/mol. The molecule has 2 amide bonds. The average Bonchev–Trinajstić information content (AvgIpc) is 2.71. The van der Waals surface area contributed by atoms with Crippen LogP contribution in [0.15, 0.2) is 10.6 Å². The Kier molecular flexibility index (Phi) is 3.12. The Bertz CT molecular complexity index is 439. The Morgan fingerprint density at radius 2 is 2.29 bits per heavy atom. The summed E-state index contributed by atoms with van der Waals surface area (Å²) in [6.07, 6.45) is 0.826. The molecule has 17 heavy (non-hydrogen) atoms. The van der Waals surface area contributed by atoms with E-state index in [1.54, 1.807) is 6.07 Å². The molecule has 0 aliphatic carbocycles. The van der Waals surface area contributed by atoms with Gasteiger partial charge in [0, 0.05) is 18.4 Å². The number of aromatic nitrogens is 1. The van der Waals surface area contributed by atoms with Crippen LogP contribution >= 0.6 is 0 Å². The summed E-state index contributed by atoms with van der Waals surface area (Å²) in [6, 6.07) is 1.35. The topological polar surface area (TPSA) is 84.2 Å². The predicted molar refractivity (Wildman–Crippen MR) is 60.4 cm³/mol. The van der Waals surface area contributed by atoms with Crippen molar-refractivity contribution < 1.29 is 14.1 Å². The fraction of sp³-hybridized carbons (Fsp3) is 0.545. The summed E-state index contributed by atoms with van der Waals surface area (Å²) in [5, 5.41) is 9.07. The third-order valence-electron chi connectivity index (χ3n) is 2.66. The molecule has 0 spiro atoms. The number of carbonyl (C=O) groups excluding carboxylic acids is 2. The molecule has 1 aromatic rings. The zero-order valence-corrected chi connectivity index (χ0v) is 9.82. The fourth-order valence-corrected chi connectivity index (χ4v) is 1.64. The number of imide groups is 1. The Labute approximate surface area is 98.7 Å². The molecule has 92 valence electrons. The Hall–Kier alpha value is -1.85. The highest BCUT2D eigenvalue weighted by molar-refractivity contribution is 6.01. The molecule has 6 heteroatoms. The molecule has 2 heterocycles. The molecule has 6 nitrogen and oxygen atoms in total. The summed E-state index contributed by atoms with van der Waals surface area (Å²) in [6.45, 7) is 3.99. The van der Waals surface area contributed by atoms with Crippen molar-refractivity contribution in [1.29, 1.82) is 0 Å². The lowest BCUT2D eigenvalue weighted by Crippen LogP contribution is -2.47. The maximum atomic E-state index is 11.5. The molecule has 1 atom stereocenters. The van der Waals surface area contributed by atoms with E-state index in [9.17, 15) is 9.59 Å². The lowest BCUT2D eigenvalue weighted by Gasteiger charge is -2.21. The van der Waals surface area contributed by atoms with Gasteiger partial charge in [-0.15, -0.1) is 0 Å². The molecule has 2 rings (SSSR count). The minimum Gasteiger partial charge on any atom is -0.359 e. The monoisotopic (exact) mass is 237 g/mol. The van der Waals surface area contributed by atoms with Gasteiger partial charge in [0.05, 0.1) is 0 Å². The van der Waals surface area contributed by atoms with E-state index in [2.05, 4.69) is 15.8 Å². The maximum absolute atomic E-state index is 11.5. The van der Waals surface area contributed by atoms with Crippen molar-refractivity contribution in [2.45, 2.75) is 38.6 Å². The highest BCUT2D eigenvalue weighted by Crippen LogP contribution is 2.19. The summed E-state index contributed by atoms with van der Waals surface area (Å²) >= 11 is 0. The summed E-state index contributed by atoms with van der Waals surface area (Å²) in [4.78, 5) is 22.5. The molecule has 0 radical (unpaired) electrons. The molecule has 0 bridgehead atoms. The van der Waals surface area contributed by atoms with E-state index in [-0.39, 0.29) is 17.7 Å². The van der Waals surface area contributed by atoms with E-state index < -0.39 is 6.04 Å². The van der Waals surface area contributed by atoms with Gasteiger partial charge in [-0.05, 0) is 6.42 Å². The van der Waals surface area contributed by atoms with E-state index in [0.717, 1.165) is 5.76 Å². The zero-order valence-electron chi connectivity index (χ0n) is 9.82. The zero-order chi connectivity index (χ0) is 12.4. The van der Waals surface area contributed by atoms with Crippen molar-refractivity contribution in [2.24, 2.45) is 0 Å². The first kappa shape index (κ1) is 11.6. The van der Waals surface area contributed by atoms with Gasteiger partial charge in [0.1, 0.15) is 11.8 Å². The van der Waals surface area contributed by atoms with Crippen LogP contribution in [0.1, 0.15) is 38.4 Å². The van der Waals surface area contributed by atoms with Crippen molar-refractivity contribution in [1.82, 2.24) is 10.5 Å². The number of nitrogens with one attached hydrogen (secondary N) is 2. The van der Waals surface area contributed by atoms with Gasteiger partial charge in [0.2, 0.25) is 11.8 Å². The standard InChI is InChI=1S/C11H15N3O3/c1-6(2)8-5-9(14-17-8)12-7-3-4-10(15)13-11(7)16/h5-7H,3-4H2,1-2H3,(H,12,14)(H,13,15,16). The number of carbonyl (C=O) groups is 2. The van der Waals surface area contributed by atoms with Crippen molar-refractivity contribution in [3.05, 3.63) is 11.8 Å². The van der Waals surface area contributed by atoms with Gasteiger partial charge in [-0.25, -0.2) is 0 Å². The number of piperidine rings is 1. The van der Waals surface area contributed by atoms with E-state index in [1.807, 2.05) is 13.8 Å². The molecule has 1 aromatic heterocycles. The molecule has 1 saturated heterocycles. The predicted octanol–water partition coefficient (Wildman–Crippen LogP) is 1.02. The lowest BCUT2D eigenvalue weighted by atomic mass is 10.1. The third-order valence-corrected chi connectivity index (χ3v) is 2.66. The van der Waals surface area contributed by atoms with E-state index >= 15 is 0 Å². The van der Waals surface area contributed by atoms with E-state index in [0.29, 0.717) is 18.7 Å². The van der Waals surface area contributed by atoms with Crippen LogP contribution in [0.5, 0.6) is 0 Å².